The third-order valence-electron chi connectivity index (χ3n) is 3.25. The van der Waals surface area contributed by atoms with Gasteiger partial charge in [-0.2, -0.15) is 0 Å². The van der Waals surface area contributed by atoms with Crippen LogP contribution in [0.1, 0.15) is 10.4 Å². The minimum absolute atomic E-state index is 0.312. The molecule has 5 nitrogen and oxygen atoms in total. The fourth-order valence-electron chi connectivity index (χ4n) is 2.15. The number of thiazole rings is 1. The number of halogens is 1. The van der Waals surface area contributed by atoms with Crippen LogP contribution in [0.4, 0.5) is 5.13 Å². The fraction of sp³-hybridized carbons (Fsp3) is 0.125. The van der Waals surface area contributed by atoms with Gasteiger partial charge in [-0.25, -0.2) is 4.98 Å². The summed E-state index contributed by atoms with van der Waals surface area (Å²) in [5.41, 5.74) is 1.04. The van der Waals surface area contributed by atoms with Gasteiger partial charge in [0.15, 0.2) is 5.13 Å². The second-order valence-electron chi connectivity index (χ2n) is 4.60. The van der Waals surface area contributed by atoms with Crippen molar-refractivity contribution in [2.75, 3.05) is 19.5 Å². The van der Waals surface area contributed by atoms with Crippen molar-refractivity contribution in [1.82, 2.24) is 4.98 Å². The molecule has 0 bridgehead atoms. The highest BCUT2D eigenvalue weighted by Gasteiger charge is 2.16. The highest BCUT2D eigenvalue weighted by Crippen LogP contribution is 2.38. The highest BCUT2D eigenvalue weighted by atomic mass is 35.5. The molecule has 2 aromatic carbocycles. The van der Waals surface area contributed by atoms with E-state index in [-0.39, 0.29) is 5.91 Å². The van der Waals surface area contributed by atoms with Crippen molar-refractivity contribution in [3.05, 3.63) is 47.0 Å². The Kier molecular flexibility index (Phi) is 4.36. The van der Waals surface area contributed by atoms with Crippen LogP contribution in [-0.2, 0) is 0 Å². The molecule has 118 valence electrons. The molecule has 1 N–H and O–H groups in total. The van der Waals surface area contributed by atoms with E-state index in [1.54, 1.807) is 50.6 Å². The topological polar surface area (TPSA) is 60.5 Å². The Morgan fingerprint density at radius 1 is 1.13 bits per heavy atom. The number of carbonyl (C=O) groups excluding carboxylic acids is 1. The standard InChI is InChI=1S/C16H13ClN2O3S/c1-21-11-7-8-12(22-2)14-13(11)18-16(23-14)19-15(20)9-5-3-4-6-10(9)17/h3-8H,1-2H3,(H,18,19,20). The van der Waals surface area contributed by atoms with E-state index in [0.29, 0.717) is 32.7 Å². The molecule has 0 spiro atoms. The number of benzene rings is 2. The number of carbonyl (C=O) groups is 1. The van der Waals surface area contributed by atoms with E-state index in [4.69, 9.17) is 21.1 Å². The molecule has 0 aliphatic carbocycles. The highest BCUT2D eigenvalue weighted by molar-refractivity contribution is 7.22. The average Bonchev–Trinajstić information content (AvgIpc) is 2.97. The maximum absolute atomic E-state index is 12.3. The number of nitrogens with one attached hydrogen (secondary N) is 1. The summed E-state index contributed by atoms with van der Waals surface area (Å²) in [6, 6.07) is 10.4. The second kappa shape index (κ2) is 6.44. The third kappa shape index (κ3) is 2.95. The molecule has 3 rings (SSSR count). The Morgan fingerprint density at radius 2 is 1.83 bits per heavy atom. The summed E-state index contributed by atoms with van der Waals surface area (Å²) in [5, 5.41) is 3.61. The van der Waals surface area contributed by atoms with Gasteiger partial charge in [-0.3, -0.25) is 10.1 Å². The average molecular weight is 349 g/mol. The number of hydrogen-bond acceptors (Lipinski definition) is 5. The predicted molar refractivity (Wildman–Crippen MR) is 92.1 cm³/mol. The molecule has 1 amide bonds. The maximum Gasteiger partial charge on any atom is 0.258 e. The molecule has 0 fully saturated rings. The smallest absolute Gasteiger partial charge is 0.258 e. The van der Waals surface area contributed by atoms with Gasteiger partial charge in [-0.1, -0.05) is 35.1 Å². The fourth-order valence-corrected chi connectivity index (χ4v) is 3.34. The second-order valence-corrected chi connectivity index (χ2v) is 6.01. The maximum atomic E-state index is 12.3. The van der Waals surface area contributed by atoms with Gasteiger partial charge in [-0.05, 0) is 24.3 Å². The van der Waals surface area contributed by atoms with Crippen molar-refractivity contribution < 1.29 is 14.3 Å². The van der Waals surface area contributed by atoms with Gasteiger partial charge < -0.3 is 9.47 Å². The lowest BCUT2D eigenvalue weighted by atomic mass is 10.2. The van der Waals surface area contributed by atoms with Crippen LogP contribution in [0.25, 0.3) is 10.2 Å². The normalized spacial score (nSPS) is 10.6. The van der Waals surface area contributed by atoms with Crippen molar-refractivity contribution in [3.8, 4) is 11.5 Å². The number of amides is 1. The molecule has 1 aromatic heterocycles. The molecule has 0 aliphatic heterocycles. The number of rotatable bonds is 4. The molecule has 7 heteroatoms. The van der Waals surface area contributed by atoms with E-state index < -0.39 is 0 Å². The van der Waals surface area contributed by atoms with E-state index in [0.717, 1.165) is 4.70 Å². The molecule has 0 aliphatic rings. The molecule has 1 heterocycles. The van der Waals surface area contributed by atoms with Crippen molar-refractivity contribution in [2.45, 2.75) is 0 Å². The Balaban J connectivity index is 1.98. The van der Waals surface area contributed by atoms with Crippen molar-refractivity contribution in [2.24, 2.45) is 0 Å². The number of fused-ring (bicyclic) bond motifs is 1. The zero-order chi connectivity index (χ0) is 16.4. The molecule has 3 aromatic rings. The van der Waals surface area contributed by atoms with Gasteiger partial charge in [0.25, 0.3) is 5.91 Å². The number of anilines is 1. The van der Waals surface area contributed by atoms with Crippen molar-refractivity contribution >= 4 is 44.2 Å². The van der Waals surface area contributed by atoms with E-state index >= 15 is 0 Å². The summed E-state index contributed by atoms with van der Waals surface area (Å²) in [7, 11) is 3.16. The lowest BCUT2D eigenvalue weighted by molar-refractivity contribution is 0.102. The molecule has 0 atom stereocenters. The van der Waals surface area contributed by atoms with Crippen LogP contribution in [0.3, 0.4) is 0 Å². The molecule has 23 heavy (non-hydrogen) atoms. The summed E-state index contributed by atoms with van der Waals surface area (Å²) in [5.74, 6) is 0.986. The molecule has 0 unspecified atom stereocenters. The van der Waals surface area contributed by atoms with E-state index in [9.17, 15) is 4.79 Å². The van der Waals surface area contributed by atoms with Gasteiger partial charge >= 0.3 is 0 Å². The van der Waals surface area contributed by atoms with Gasteiger partial charge in [-0.15, -0.1) is 0 Å². The first-order chi connectivity index (χ1) is 11.1. The lowest BCUT2D eigenvalue weighted by Gasteiger charge is -2.03. The number of aromatic nitrogens is 1. The van der Waals surface area contributed by atoms with Crippen LogP contribution < -0.4 is 14.8 Å². The number of methoxy groups -OCH3 is 2. The molecule has 0 radical (unpaired) electrons. The summed E-state index contributed by atoms with van der Waals surface area (Å²) in [4.78, 5) is 16.8. The predicted octanol–water partition coefficient (Wildman–Crippen LogP) is 4.22. The Labute approximate surface area is 141 Å². The summed E-state index contributed by atoms with van der Waals surface area (Å²) < 4.78 is 11.4. The third-order valence-corrected chi connectivity index (χ3v) is 4.56. The van der Waals surface area contributed by atoms with Crippen LogP contribution in [0.5, 0.6) is 11.5 Å². The Hall–Kier alpha value is -2.31. The lowest BCUT2D eigenvalue weighted by Crippen LogP contribution is -2.12. The van der Waals surface area contributed by atoms with Crippen molar-refractivity contribution in [1.29, 1.82) is 0 Å². The molecular weight excluding hydrogens is 336 g/mol. The van der Waals surface area contributed by atoms with Crippen LogP contribution in [0, 0.1) is 0 Å². The largest absolute Gasteiger partial charge is 0.495 e. The van der Waals surface area contributed by atoms with Crippen LogP contribution in [0.2, 0.25) is 5.02 Å². The van der Waals surface area contributed by atoms with E-state index in [2.05, 4.69) is 10.3 Å². The summed E-state index contributed by atoms with van der Waals surface area (Å²) >= 11 is 7.36. The van der Waals surface area contributed by atoms with Gasteiger partial charge in [0, 0.05) is 0 Å². The Morgan fingerprint density at radius 3 is 2.52 bits per heavy atom. The quantitative estimate of drug-likeness (QED) is 0.766. The molecular formula is C16H13ClN2O3S. The molecule has 0 saturated heterocycles. The van der Waals surface area contributed by atoms with E-state index in [1.807, 2.05) is 0 Å². The van der Waals surface area contributed by atoms with Gasteiger partial charge in [0.05, 0.1) is 24.8 Å². The Bertz CT molecular complexity index is 838. The zero-order valence-corrected chi connectivity index (χ0v) is 14.0. The first kappa shape index (κ1) is 15.6. The van der Waals surface area contributed by atoms with Gasteiger partial charge in [0.2, 0.25) is 0 Å². The molecule has 0 saturated carbocycles. The van der Waals surface area contributed by atoms with Gasteiger partial charge in [0.1, 0.15) is 21.7 Å². The summed E-state index contributed by atoms with van der Waals surface area (Å²) in [6.07, 6.45) is 0. The number of hydrogen-bond donors (Lipinski definition) is 1. The van der Waals surface area contributed by atoms with Crippen LogP contribution >= 0.6 is 22.9 Å². The summed E-state index contributed by atoms with van der Waals surface area (Å²) in [6.45, 7) is 0. The zero-order valence-electron chi connectivity index (χ0n) is 12.4. The minimum atomic E-state index is -0.312. The number of nitrogens with zero attached hydrogens (tertiary/aromatic N) is 1. The van der Waals surface area contributed by atoms with E-state index in [1.165, 1.54) is 11.3 Å². The van der Waals surface area contributed by atoms with Crippen LogP contribution in [-0.4, -0.2) is 25.1 Å². The SMILES string of the molecule is COc1ccc(OC)c2sc(NC(=O)c3ccccc3Cl)nc12. The minimum Gasteiger partial charge on any atom is -0.495 e. The first-order valence-corrected chi connectivity index (χ1v) is 7.91. The van der Waals surface area contributed by atoms with Crippen LogP contribution in [0.15, 0.2) is 36.4 Å². The number of ether oxygens (including phenoxy) is 2. The first-order valence-electron chi connectivity index (χ1n) is 6.71. The monoisotopic (exact) mass is 348 g/mol. The van der Waals surface area contributed by atoms with Crippen molar-refractivity contribution in [3.63, 3.8) is 0 Å².